The van der Waals surface area contributed by atoms with Gasteiger partial charge < -0.3 is 10.6 Å². The lowest BCUT2D eigenvalue weighted by molar-refractivity contribution is 0.340. The van der Waals surface area contributed by atoms with Crippen molar-refractivity contribution in [3.8, 4) is 0 Å². The highest BCUT2D eigenvalue weighted by Crippen LogP contribution is 2.17. The van der Waals surface area contributed by atoms with Gasteiger partial charge in [0, 0.05) is 30.7 Å². The van der Waals surface area contributed by atoms with Crippen LogP contribution in [-0.2, 0) is 0 Å². The molecule has 2 N–H and O–H groups in total. The van der Waals surface area contributed by atoms with Crippen molar-refractivity contribution < 1.29 is 0 Å². The molecule has 0 aliphatic heterocycles. The molecule has 0 unspecified atom stereocenters. The molecule has 0 radical (unpaired) electrons. The zero-order valence-corrected chi connectivity index (χ0v) is 9.08. The quantitative estimate of drug-likeness (QED) is 0.698. The third kappa shape index (κ3) is 3.51. The van der Waals surface area contributed by atoms with Gasteiger partial charge in [0.1, 0.15) is 0 Å². The average Bonchev–Trinajstić information content (AvgIpc) is 2.22. The number of nitrogens with zero attached hydrogens (tertiary/aromatic N) is 1. The zero-order valence-electron chi connectivity index (χ0n) is 9.08. The highest BCUT2D eigenvalue weighted by Gasteiger charge is 2.15. The van der Waals surface area contributed by atoms with Crippen LogP contribution in [0.15, 0.2) is 24.5 Å². The van der Waals surface area contributed by atoms with Gasteiger partial charge in [-0.2, -0.15) is 0 Å². The molecule has 1 saturated carbocycles. The van der Waals surface area contributed by atoms with Gasteiger partial charge >= 0.3 is 0 Å². The number of nitrogens with one attached hydrogen (secondary N) is 2. The summed E-state index contributed by atoms with van der Waals surface area (Å²) in [5, 5.41) is 6.93. The molecule has 0 spiro atoms. The van der Waals surface area contributed by atoms with Crippen molar-refractivity contribution in [1.82, 2.24) is 10.3 Å². The second-order valence-electron chi connectivity index (χ2n) is 4.10. The second kappa shape index (κ2) is 5.71. The Labute approximate surface area is 91.3 Å². The first-order valence-corrected chi connectivity index (χ1v) is 5.82. The van der Waals surface area contributed by atoms with Gasteiger partial charge in [-0.05, 0) is 37.9 Å². The molecular weight excluding hydrogens is 186 g/mol. The van der Waals surface area contributed by atoms with Gasteiger partial charge in [-0.15, -0.1) is 0 Å². The van der Waals surface area contributed by atoms with Crippen LogP contribution in [0.2, 0.25) is 0 Å². The van der Waals surface area contributed by atoms with Crippen LogP contribution in [-0.4, -0.2) is 24.1 Å². The molecule has 1 aliphatic rings. The molecule has 1 aromatic rings. The van der Waals surface area contributed by atoms with Crippen LogP contribution in [0.3, 0.4) is 0 Å². The first kappa shape index (κ1) is 10.4. The molecule has 1 fully saturated rings. The summed E-state index contributed by atoms with van der Waals surface area (Å²) in [5.74, 6) is 0. The minimum Gasteiger partial charge on any atom is -0.385 e. The van der Waals surface area contributed by atoms with Crippen molar-refractivity contribution in [2.24, 2.45) is 0 Å². The minimum absolute atomic E-state index is 0.811. The largest absolute Gasteiger partial charge is 0.385 e. The summed E-state index contributed by atoms with van der Waals surface area (Å²) in [6.45, 7) is 2.16. The fourth-order valence-electron chi connectivity index (χ4n) is 1.71. The molecule has 0 amide bonds. The fraction of sp³-hybridized carbons (Fsp3) is 0.583. The molecule has 15 heavy (non-hydrogen) atoms. The summed E-state index contributed by atoms with van der Waals surface area (Å²) in [5.41, 5.74) is 1.16. The summed E-state index contributed by atoms with van der Waals surface area (Å²) in [7, 11) is 0. The Bertz CT molecular complexity index is 269. The Balaban J connectivity index is 1.51. The molecule has 2 rings (SSSR count). The highest BCUT2D eigenvalue weighted by molar-refractivity contribution is 5.40. The van der Waals surface area contributed by atoms with Crippen molar-refractivity contribution in [2.75, 3.05) is 18.4 Å². The van der Waals surface area contributed by atoms with Gasteiger partial charge in [0.05, 0.1) is 0 Å². The van der Waals surface area contributed by atoms with Gasteiger partial charge in [0.25, 0.3) is 0 Å². The van der Waals surface area contributed by atoms with Crippen LogP contribution < -0.4 is 10.6 Å². The summed E-state index contributed by atoms with van der Waals surface area (Å²) >= 11 is 0. The molecule has 1 aromatic heterocycles. The van der Waals surface area contributed by atoms with E-state index in [1.165, 1.54) is 25.7 Å². The van der Waals surface area contributed by atoms with Crippen LogP contribution in [0, 0.1) is 0 Å². The van der Waals surface area contributed by atoms with Gasteiger partial charge in [0.15, 0.2) is 0 Å². The molecule has 1 heterocycles. The lowest BCUT2D eigenvalue weighted by Gasteiger charge is -2.26. The third-order valence-corrected chi connectivity index (χ3v) is 2.90. The maximum absolute atomic E-state index is 3.98. The smallest absolute Gasteiger partial charge is 0.0371 e. The van der Waals surface area contributed by atoms with E-state index in [1.54, 1.807) is 0 Å². The Hall–Kier alpha value is -1.09. The monoisotopic (exact) mass is 205 g/mol. The van der Waals surface area contributed by atoms with E-state index in [1.807, 2.05) is 24.5 Å². The van der Waals surface area contributed by atoms with Crippen molar-refractivity contribution in [3.63, 3.8) is 0 Å². The van der Waals surface area contributed by atoms with Crippen molar-refractivity contribution in [1.29, 1.82) is 0 Å². The zero-order chi connectivity index (χ0) is 10.3. The molecule has 82 valence electrons. The number of aromatic nitrogens is 1. The molecule has 0 atom stereocenters. The first-order valence-electron chi connectivity index (χ1n) is 5.82. The van der Waals surface area contributed by atoms with Crippen molar-refractivity contribution in [2.45, 2.75) is 31.7 Å². The van der Waals surface area contributed by atoms with Gasteiger partial charge in [-0.25, -0.2) is 0 Å². The molecule has 3 nitrogen and oxygen atoms in total. The van der Waals surface area contributed by atoms with Gasteiger partial charge in [-0.1, -0.05) is 6.42 Å². The Morgan fingerprint density at radius 1 is 1.20 bits per heavy atom. The van der Waals surface area contributed by atoms with E-state index in [4.69, 9.17) is 0 Å². The molecule has 3 heteroatoms. The summed E-state index contributed by atoms with van der Waals surface area (Å²) in [6, 6.07) is 4.81. The highest BCUT2D eigenvalue weighted by atomic mass is 14.9. The van der Waals surface area contributed by atoms with E-state index in [-0.39, 0.29) is 0 Å². The van der Waals surface area contributed by atoms with Crippen molar-refractivity contribution in [3.05, 3.63) is 24.5 Å². The number of hydrogen-bond donors (Lipinski definition) is 2. The Morgan fingerprint density at radius 2 is 2.00 bits per heavy atom. The Kier molecular flexibility index (Phi) is 3.97. The maximum Gasteiger partial charge on any atom is 0.0371 e. The number of anilines is 1. The van der Waals surface area contributed by atoms with Crippen LogP contribution >= 0.6 is 0 Å². The summed E-state index contributed by atoms with van der Waals surface area (Å²) < 4.78 is 0. The van der Waals surface area contributed by atoms with Gasteiger partial charge in [-0.3, -0.25) is 4.98 Å². The van der Waals surface area contributed by atoms with E-state index in [0.29, 0.717) is 0 Å². The predicted octanol–water partition coefficient (Wildman–Crippen LogP) is 2.03. The van der Waals surface area contributed by atoms with Crippen LogP contribution in [0.1, 0.15) is 25.7 Å². The van der Waals surface area contributed by atoms with E-state index in [2.05, 4.69) is 15.6 Å². The van der Waals surface area contributed by atoms with Crippen LogP contribution in [0.25, 0.3) is 0 Å². The van der Waals surface area contributed by atoms with Gasteiger partial charge in [0.2, 0.25) is 0 Å². The molecular formula is C12H19N3. The fourth-order valence-corrected chi connectivity index (χ4v) is 1.71. The number of rotatable bonds is 6. The molecule has 1 aliphatic carbocycles. The van der Waals surface area contributed by atoms with E-state index < -0.39 is 0 Å². The second-order valence-corrected chi connectivity index (χ2v) is 4.10. The normalized spacial score (nSPS) is 16.0. The first-order chi connectivity index (χ1) is 7.45. The maximum atomic E-state index is 3.98. The topological polar surface area (TPSA) is 37.0 Å². The average molecular weight is 205 g/mol. The lowest BCUT2D eigenvalue weighted by atomic mass is 9.93. The van der Waals surface area contributed by atoms with Crippen LogP contribution in [0.4, 0.5) is 5.69 Å². The van der Waals surface area contributed by atoms with E-state index in [9.17, 15) is 0 Å². The third-order valence-electron chi connectivity index (χ3n) is 2.90. The molecule has 0 bridgehead atoms. The molecule has 0 aromatic carbocycles. The SMILES string of the molecule is c1cc(NCCCNC2CCC2)ccn1. The Morgan fingerprint density at radius 3 is 2.67 bits per heavy atom. The summed E-state index contributed by atoms with van der Waals surface area (Å²) in [4.78, 5) is 3.98. The van der Waals surface area contributed by atoms with E-state index >= 15 is 0 Å². The predicted molar refractivity (Wildman–Crippen MR) is 63.0 cm³/mol. The number of hydrogen-bond acceptors (Lipinski definition) is 3. The number of pyridine rings is 1. The standard InChI is InChI=1S/C12H19N3/c1-3-11(4-1)14-7-2-8-15-12-5-9-13-10-6-12/h5-6,9-11,14H,1-4,7-8H2,(H,13,15). The summed E-state index contributed by atoms with van der Waals surface area (Å²) in [6.07, 6.45) is 8.96. The minimum atomic E-state index is 0.811. The molecule has 0 saturated heterocycles. The van der Waals surface area contributed by atoms with Crippen LogP contribution in [0.5, 0.6) is 0 Å². The van der Waals surface area contributed by atoms with E-state index in [0.717, 1.165) is 24.8 Å². The lowest BCUT2D eigenvalue weighted by Crippen LogP contribution is -2.36. The van der Waals surface area contributed by atoms with Crippen molar-refractivity contribution >= 4 is 5.69 Å².